The standard InChI is InChI=1S/C14H17F3N2O2/c15-14(16,17)10-18-5-7-19(8-6-18)13(21)9-11-3-1-2-4-12(11)20/h1-4,20H,5-10H2. The van der Waals surface area contributed by atoms with Crippen molar-refractivity contribution in [3.8, 4) is 5.75 Å². The number of carbonyl (C=O) groups is 1. The molecule has 0 aliphatic carbocycles. The number of phenols is 1. The summed E-state index contributed by atoms with van der Waals surface area (Å²) >= 11 is 0. The van der Waals surface area contributed by atoms with Crippen molar-refractivity contribution in [2.45, 2.75) is 12.6 Å². The van der Waals surface area contributed by atoms with Crippen molar-refractivity contribution in [2.75, 3.05) is 32.7 Å². The van der Waals surface area contributed by atoms with E-state index < -0.39 is 12.7 Å². The largest absolute Gasteiger partial charge is 0.508 e. The van der Waals surface area contributed by atoms with Crippen molar-refractivity contribution < 1.29 is 23.1 Å². The molecule has 1 amide bonds. The second-order valence-electron chi connectivity index (χ2n) is 5.08. The summed E-state index contributed by atoms with van der Waals surface area (Å²) in [5, 5.41) is 9.62. The maximum atomic E-state index is 12.3. The molecule has 0 unspecified atom stereocenters. The third-order valence-electron chi connectivity index (χ3n) is 3.46. The Balaban J connectivity index is 1.85. The summed E-state index contributed by atoms with van der Waals surface area (Å²) in [5.41, 5.74) is 0.528. The Labute approximate surface area is 120 Å². The smallest absolute Gasteiger partial charge is 0.401 e. The lowest BCUT2D eigenvalue weighted by atomic mass is 10.1. The molecule has 1 fully saturated rings. The summed E-state index contributed by atoms with van der Waals surface area (Å²) in [7, 11) is 0. The molecule has 1 heterocycles. The number of aromatic hydroxyl groups is 1. The number of piperazine rings is 1. The number of hydrogen-bond donors (Lipinski definition) is 1. The van der Waals surface area contributed by atoms with Crippen LogP contribution in [0.15, 0.2) is 24.3 Å². The highest BCUT2D eigenvalue weighted by Gasteiger charge is 2.32. The number of para-hydroxylation sites is 1. The monoisotopic (exact) mass is 302 g/mol. The van der Waals surface area contributed by atoms with Gasteiger partial charge in [-0.05, 0) is 6.07 Å². The van der Waals surface area contributed by atoms with E-state index in [2.05, 4.69) is 0 Å². The molecule has 0 saturated carbocycles. The van der Waals surface area contributed by atoms with E-state index in [0.29, 0.717) is 5.56 Å². The highest BCUT2D eigenvalue weighted by Crippen LogP contribution is 2.19. The molecule has 2 rings (SSSR count). The molecule has 1 aromatic carbocycles. The molecule has 1 N–H and O–H groups in total. The zero-order chi connectivity index (χ0) is 15.5. The number of nitrogens with zero attached hydrogens (tertiary/aromatic N) is 2. The molecule has 1 aliphatic rings. The van der Waals surface area contributed by atoms with Gasteiger partial charge in [-0.2, -0.15) is 13.2 Å². The van der Waals surface area contributed by atoms with Gasteiger partial charge in [0.2, 0.25) is 5.91 Å². The summed E-state index contributed by atoms with van der Waals surface area (Å²) in [6.45, 7) is 0.0531. The molecule has 0 spiro atoms. The predicted octanol–water partition coefficient (Wildman–Crippen LogP) is 1.64. The molecule has 21 heavy (non-hydrogen) atoms. The number of benzene rings is 1. The summed E-state index contributed by atoms with van der Waals surface area (Å²) in [6, 6.07) is 6.56. The topological polar surface area (TPSA) is 43.8 Å². The van der Waals surface area contributed by atoms with Gasteiger partial charge in [0.25, 0.3) is 0 Å². The Bertz CT molecular complexity index is 497. The van der Waals surface area contributed by atoms with Crippen LogP contribution < -0.4 is 0 Å². The van der Waals surface area contributed by atoms with E-state index in [0.717, 1.165) is 0 Å². The lowest BCUT2D eigenvalue weighted by Crippen LogP contribution is -2.51. The Morgan fingerprint density at radius 3 is 2.33 bits per heavy atom. The van der Waals surface area contributed by atoms with Crippen LogP contribution in [0.25, 0.3) is 0 Å². The highest BCUT2D eigenvalue weighted by atomic mass is 19.4. The van der Waals surface area contributed by atoms with Gasteiger partial charge in [0.1, 0.15) is 5.75 Å². The maximum absolute atomic E-state index is 12.3. The molecular weight excluding hydrogens is 285 g/mol. The van der Waals surface area contributed by atoms with Crippen molar-refractivity contribution in [2.24, 2.45) is 0 Å². The maximum Gasteiger partial charge on any atom is 0.401 e. The minimum Gasteiger partial charge on any atom is -0.508 e. The number of alkyl halides is 3. The molecule has 7 heteroatoms. The van der Waals surface area contributed by atoms with Gasteiger partial charge in [-0.1, -0.05) is 18.2 Å². The van der Waals surface area contributed by atoms with Crippen LogP contribution in [0.5, 0.6) is 5.75 Å². The van der Waals surface area contributed by atoms with E-state index >= 15 is 0 Å². The number of carbonyl (C=O) groups excluding carboxylic acids is 1. The molecule has 0 atom stereocenters. The molecule has 0 bridgehead atoms. The number of amides is 1. The normalized spacial score (nSPS) is 17.0. The lowest BCUT2D eigenvalue weighted by Gasteiger charge is -2.35. The third-order valence-corrected chi connectivity index (χ3v) is 3.46. The van der Waals surface area contributed by atoms with E-state index in [4.69, 9.17) is 0 Å². The first-order valence-electron chi connectivity index (χ1n) is 6.69. The second kappa shape index (κ2) is 6.34. The minimum atomic E-state index is -4.21. The Morgan fingerprint density at radius 2 is 1.76 bits per heavy atom. The Morgan fingerprint density at radius 1 is 1.14 bits per heavy atom. The highest BCUT2D eigenvalue weighted by molar-refractivity contribution is 5.79. The Kier molecular flexibility index (Phi) is 4.72. The van der Waals surface area contributed by atoms with E-state index in [1.807, 2.05) is 0 Å². The number of hydrogen-bond acceptors (Lipinski definition) is 3. The van der Waals surface area contributed by atoms with Crippen LogP contribution in [0.4, 0.5) is 13.2 Å². The SMILES string of the molecule is O=C(Cc1ccccc1O)N1CCN(CC(F)(F)F)CC1. The first-order chi connectivity index (χ1) is 9.85. The van der Waals surface area contributed by atoms with Crippen molar-refractivity contribution >= 4 is 5.91 Å². The second-order valence-corrected chi connectivity index (χ2v) is 5.08. The van der Waals surface area contributed by atoms with Crippen LogP contribution in [-0.4, -0.2) is 59.7 Å². The fraction of sp³-hybridized carbons (Fsp3) is 0.500. The average Bonchev–Trinajstić information content (AvgIpc) is 2.40. The van der Waals surface area contributed by atoms with E-state index in [-0.39, 0.29) is 44.3 Å². The summed E-state index contributed by atoms with van der Waals surface area (Å²) < 4.78 is 36.8. The third kappa shape index (κ3) is 4.63. The zero-order valence-electron chi connectivity index (χ0n) is 11.4. The van der Waals surface area contributed by atoms with Crippen LogP contribution in [0, 0.1) is 0 Å². The molecule has 4 nitrogen and oxygen atoms in total. The van der Waals surface area contributed by atoms with Gasteiger partial charge >= 0.3 is 6.18 Å². The lowest BCUT2D eigenvalue weighted by molar-refractivity contribution is -0.151. The fourth-order valence-electron chi connectivity index (χ4n) is 2.34. The van der Waals surface area contributed by atoms with Crippen molar-refractivity contribution in [1.29, 1.82) is 0 Å². The van der Waals surface area contributed by atoms with Gasteiger partial charge in [0, 0.05) is 31.7 Å². The molecule has 116 valence electrons. The number of phenolic OH excluding ortho intramolecular Hbond substituents is 1. The van der Waals surface area contributed by atoms with Crippen molar-refractivity contribution in [3.05, 3.63) is 29.8 Å². The number of rotatable bonds is 3. The first kappa shape index (κ1) is 15.6. The van der Waals surface area contributed by atoms with Gasteiger partial charge in [-0.3, -0.25) is 9.69 Å². The quantitative estimate of drug-likeness (QED) is 0.923. The van der Waals surface area contributed by atoms with Crippen LogP contribution in [0.1, 0.15) is 5.56 Å². The van der Waals surface area contributed by atoms with E-state index in [1.165, 1.54) is 11.0 Å². The van der Waals surface area contributed by atoms with Gasteiger partial charge in [0.15, 0.2) is 0 Å². The van der Waals surface area contributed by atoms with Crippen LogP contribution in [0.2, 0.25) is 0 Å². The first-order valence-corrected chi connectivity index (χ1v) is 6.69. The minimum absolute atomic E-state index is 0.0570. The molecule has 1 aromatic rings. The molecule has 1 aliphatic heterocycles. The van der Waals surface area contributed by atoms with Gasteiger partial charge in [-0.25, -0.2) is 0 Å². The molecule has 0 radical (unpaired) electrons. The number of halogens is 3. The predicted molar refractivity (Wildman–Crippen MR) is 70.9 cm³/mol. The Hall–Kier alpha value is -1.76. The van der Waals surface area contributed by atoms with Gasteiger partial charge in [0.05, 0.1) is 13.0 Å². The van der Waals surface area contributed by atoms with Crippen LogP contribution in [-0.2, 0) is 11.2 Å². The van der Waals surface area contributed by atoms with E-state index in [9.17, 15) is 23.1 Å². The molecule has 0 aromatic heterocycles. The molecular formula is C14H17F3N2O2. The van der Waals surface area contributed by atoms with Crippen molar-refractivity contribution in [3.63, 3.8) is 0 Å². The fourth-order valence-corrected chi connectivity index (χ4v) is 2.34. The van der Waals surface area contributed by atoms with Gasteiger partial charge < -0.3 is 10.0 Å². The average molecular weight is 302 g/mol. The van der Waals surface area contributed by atoms with E-state index in [1.54, 1.807) is 23.1 Å². The molecule has 1 saturated heterocycles. The zero-order valence-corrected chi connectivity index (χ0v) is 11.4. The van der Waals surface area contributed by atoms with Gasteiger partial charge in [-0.15, -0.1) is 0 Å². The summed E-state index contributed by atoms with van der Waals surface area (Å²) in [5.74, 6) is -0.121. The summed E-state index contributed by atoms with van der Waals surface area (Å²) in [4.78, 5) is 14.9. The van der Waals surface area contributed by atoms with Crippen LogP contribution >= 0.6 is 0 Å². The van der Waals surface area contributed by atoms with Crippen LogP contribution in [0.3, 0.4) is 0 Å². The van der Waals surface area contributed by atoms with Crippen molar-refractivity contribution in [1.82, 2.24) is 9.80 Å². The summed E-state index contributed by atoms with van der Waals surface area (Å²) in [6.07, 6.45) is -4.14.